The van der Waals surface area contributed by atoms with Crippen molar-refractivity contribution in [3.8, 4) is 11.5 Å². The maximum Gasteiger partial charge on any atom is 0.267 e. The average molecular weight is 430 g/mol. The Bertz CT molecular complexity index is 913. The zero-order valence-corrected chi connectivity index (χ0v) is 17.5. The van der Waals surface area contributed by atoms with Gasteiger partial charge in [0.05, 0.1) is 6.04 Å². The fraction of sp³-hybridized carbons (Fsp3) is 0.364. The van der Waals surface area contributed by atoms with Crippen molar-refractivity contribution in [1.82, 2.24) is 9.80 Å². The van der Waals surface area contributed by atoms with E-state index in [1.165, 1.54) is 0 Å². The fourth-order valence-electron chi connectivity index (χ4n) is 3.62. The Morgan fingerprint density at radius 3 is 2.40 bits per heavy atom. The Kier molecular flexibility index (Phi) is 6.11. The van der Waals surface area contributed by atoms with Crippen molar-refractivity contribution in [2.24, 2.45) is 0 Å². The van der Waals surface area contributed by atoms with E-state index in [0.29, 0.717) is 48.4 Å². The minimum absolute atomic E-state index is 0.0811. The second-order valence-corrected chi connectivity index (χ2v) is 7.83. The van der Waals surface area contributed by atoms with Crippen LogP contribution < -0.4 is 14.8 Å². The number of rotatable bonds is 4. The number of fused-ring (bicyclic) bond motifs is 1. The number of hydrogen-bond donors (Lipinski definition) is 1. The Morgan fingerprint density at radius 1 is 1.03 bits per heavy atom. The van der Waals surface area contributed by atoms with Crippen LogP contribution in [-0.4, -0.2) is 66.5 Å². The molecule has 0 aliphatic carbocycles. The van der Waals surface area contributed by atoms with Gasteiger partial charge in [0, 0.05) is 36.9 Å². The standard InChI is InChI=1S/C22H24ClN3O4/c1-15(21(27)24-17-8-6-16(23)7-9-17)25-10-12-26(13-11-25)22(28)20-14-29-18-4-2-3-5-19(18)30-20/h2-9,15,20H,10-14H2,1H3,(H,24,27)/t15-,20-/m1/s1. The molecule has 0 radical (unpaired) electrons. The summed E-state index contributed by atoms with van der Waals surface area (Å²) in [6, 6.07) is 14.1. The van der Waals surface area contributed by atoms with Crippen LogP contribution in [-0.2, 0) is 9.59 Å². The summed E-state index contributed by atoms with van der Waals surface area (Å²) in [6.45, 7) is 4.39. The molecule has 1 saturated heterocycles. The molecular formula is C22H24ClN3O4. The third-order valence-corrected chi connectivity index (χ3v) is 5.70. The fourth-order valence-corrected chi connectivity index (χ4v) is 3.75. The molecular weight excluding hydrogens is 406 g/mol. The molecule has 0 aromatic heterocycles. The van der Waals surface area contributed by atoms with Gasteiger partial charge in [0.25, 0.3) is 5.91 Å². The summed E-state index contributed by atoms with van der Waals surface area (Å²) in [5.74, 6) is 1.08. The first-order chi connectivity index (χ1) is 14.5. The molecule has 0 spiro atoms. The first-order valence-corrected chi connectivity index (χ1v) is 10.4. The maximum absolute atomic E-state index is 12.9. The molecule has 7 nitrogen and oxygen atoms in total. The highest BCUT2D eigenvalue weighted by Gasteiger charge is 2.34. The van der Waals surface area contributed by atoms with E-state index in [1.807, 2.05) is 25.1 Å². The molecule has 2 aromatic carbocycles. The molecule has 2 amide bonds. The minimum atomic E-state index is -0.642. The van der Waals surface area contributed by atoms with Crippen LogP contribution in [0.3, 0.4) is 0 Å². The van der Waals surface area contributed by atoms with Crippen molar-refractivity contribution in [3.63, 3.8) is 0 Å². The summed E-state index contributed by atoms with van der Waals surface area (Å²) in [4.78, 5) is 29.3. The van der Waals surface area contributed by atoms with Crippen molar-refractivity contribution in [3.05, 3.63) is 53.6 Å². The molecule has 158 valence electrons. The van der Waals surface area contributed by atoms with Crippen LogP contribution in [0.4, 0.5) is 5.69 Å². The number of halogens is 1. The Balaban J connectivity index is 1.28. The normalized spacial score (nSPS) is 19.8. The maximum atomic E-state index is 12.9. The van der Waals surface area contributed by atoms with Crippen LogP contribution in [0.5, 0.6) is 11.5 Å². The first kappa shape index (κ1) is 20.5. The summed E-state index contributed by atoms with van der Waals surface area (Å²) < 4.78 is 11.5. The van der Waals surface area contributed by atoms with E-state index in [-0.39, 0.29) is 24.5 Å². The Hall–Kier alpha value is -2.77. The van der Waals surface area contributed by atoms with Crippen LogP contribution in [0.2, 0.25) is 5.02 Å². The number of para-hydroxylation sites is 2. The van der Waals surface area contributed by atoms with E-state index >= 15 is 0 Å². The van der Waals surface area contributed by atoms with Gasteiger partial charge in [0.15, 0.2) is 11.5 Å². The van der Waals surface area contributed by atoms with Gasteiger partial charge < -0.3 is 19.7 Å². The second kappa shape index (κ2) is 8.93. The lowest BCUT2D eigenvalue weighted by molar-refractivity contribution is -0.143. The number of carbonyl (C=O) groups is 2. The van der Waals surface area contributed by atoms with Gasteiger partial charge in [-0.3, -0.25) is 14.5 Å². The monoisotopic (exact) mass is 429 g/mol. The first-order valence-electron chi connectivity index (χ1n) is 9.99. The van der Waals surface area contributed by atoms with E-state index < -0.39 is 6.10 Å². The topological polar surface area (TPSA) is 71.1 Å². The molecule has 2 aliphatic heterocycles. The third-order valence-electron chi connectivity index (χ3n) is 5.45. The molecule has 0 bridgehead atoms. The number of nitrogens with zero attached hydrogens (tertiary/aromatic N) is 2. The molecule has 0 saturated carbocycles. The quantitative estimate of drug-likeness (QED) is 0.809. The number of piperazine rings is 1. The van der Waals surface area contributed by atoms with E-state index in [2.05, 4.69) is 10.2 Å². The minimum Gasteiger partial charge on any atom is -0.485 e. The second-order valence-electron chi connectivity index (χ2n) is 7.40. The van der Waals surface area contributed by atoms with Crippen LogP contribution in [0.25, 0.3) is 0 Å². The van der Waals surface area contributed by atoms with Crippen molar-refractivity contribution < 1.29 is 19.1 Å². The van der Waals surface area contributed by atoms with Gasteiger partial charge in [-0.1, -0.05) is 23.7 Å². The lowest BCUT2D eigenvalue weighted by atomic mass is 10.2. The van der Waals surface area contributed by atoms with Gasteiger partial charge >= 0.3 is 0 Å². The molecule has 1 N–H and O–H groups in total. The van der Waals surface area contributed by atoms with E-state index in [9.17, 15) is 9.59 Å². The van der Waals surface area contributed by atoms with Gasteiger partial charge in [-0.2, -0.15) is 0 Å². The molecule has 1 fully saturated rings. The highest BCUT2D eigenvalue weighted by atomic mass is 35.5. The largest absolute Gasteiger partial charge is 0.485 e. The van der Waals surface area contributed by atoms with Crippen molar-refractivity contribution in [1.29, 1.82) is 0 Å². The SMILES string of the molecule is C[C@H](C(=O)Nc1ccc(Cl)cc1)N1CCN(C(=O)[C@H]2COc3ccccc3O2)CC1. The van der Waals surface area contributed by atoms with Gasteiger partial charge in [0.1, 0.15) is 6.61 Å². The Morgan fingerprint density at radius 2 is 1.70 bits per heavy atom. The number of hydrogen-bond acceptors (Lipinski definition) is 5. The van der Waals surface area contributed by atoms with Crippen molar-refractivity contribution in [2.75, 3.05) is 38.1 Å². The summed E-state index contributed by atoms with van der Waals surface area (Å²) in [5.41, 5.74) is 0.708. The number of anilines is 1. The van der Waals surface area contributed by atoms with Crippen LogP contribution in [0, 0.1) is 0 Å². The lowest BCUT2D eigenvalue weighted by Gasteiger charge is -2.39. The number of nitrogens with one attached hydrogen (secondary N) is 1. The van der Waals surface area contributed by atoms with Crippen LogP contribution in [0.15, 0.2) is 48.5 Å². The lowest BCUT2D eigenvalue weighted by Crippen LogP contribution is -2.57. The summed E-state index contributed by atoms with van der Waals surface area (Å²) >= 11 is 5.88. The molecule has 2 heterocycles. The summed E-state index contributed by atoms with van der Waals surface area (Å²) in [6.07, 6.45) is -0.642. The number of amides is 2. The predicted molar refractivity (Wildman–Crippen MR) is 114 cm³/mol. The summed E-state index contributed by atoms with van der Waals surface area (Å²) in [5, 5.41) is 3.53. The van der Waals surface area contributed by atoms with E-state index in [1.54, 1.807) is 35.2 Å². The molecule has 2 aliphatic rings. The van der Waals surface area contributed by atoms with Gasteiger partial charge in [0.2, 0.25) is 12.0 Å². The highest BCUT2D eigenvalue weighted by Crippen LogP contribution is 2.31. The van der Waals surface area contributed by atoms with Gasteiger partial charge in [-0.25, -0.2) is 0 Å². The summed E-state index contributed by atoms with van der Waals surface area (Å²) in [7, 11) is 0. The smallest absolute Gasteiger partial charge is 0.267 e. The van der Waals surface area contributed by atoms with E-state index in [0.717, 1.165) is 0 Å². The van der Waals surface area contributed by atoms with Crippen molar-refractivity contribution in [2.45, 2.75) is 19.1 Å². The van der Waals surface area contributed by atoms with Crippen LogP contribution >= 0.6 is 11.6 Å². The van der Waals surface area contributed by atoms with Gasteiger partial charge in [-0.15, -0.1) is 0 Å². The number of ether oxygens (including phenoxy) is 2. The molecule has 4 rings (SSSR count). The predicted octanol–water partition coefficient (Wildman–Crippen LogP) is 2.65. The molecule has 0 unspecified atom stereocenters. The average Bonchev–Trinajstić information content (AvgIpc) is 2.79. The van der Waals surface area contributed by atoms with Gasteiger partial charge in [-0.05, 0) is 43.3 Å². The van der Waals surface area contributed by atoms with E-state index in [4.69, 9.17) is 21.1 Å². The molecule has 2 aromatic rings. The highest BCUT2D eigenvalue weighted by molar-refractivity contribution is 6.30. The number of benzene rings is 2. The Labute approximate surface area is 180 Å². The zero-order valence-electron chi connectivity index (χ0n) is 16.7. The number of carbonyl (C=O) groups excluding carboxylic acids is 2. The van der Waals surface area contributed by atoms with Crippen molar-refractivity contribution >= 4 is 29.1 Å². The zero-order chi connectivity index (χ0) is 21.1. The molecule has 30 heavy (non-hydrogen) atoms. The molecule has 8 heteroatoms. The third kappa shape index (κ3) is 4.52. The van der Waals surface area contributed by atoms with Crippen LogP contribution in [0.1, 0.15) is 6.92 Å². The molecule has 2 atom stereocenters.